The van der Waals surface area contributed by atoms with Gasteiger partial charge in [-0.2, -0.15) is 15.0 Å². The molecule has 9 heteroatoms. The second-order valence-corrected chi connectivity index (χ2v) is 18.3. The largest absolute Gasteiger partial charge is 0.456 e. The van der Waals surface area contributed by atoms with E-state index < -0.39 is 0 Å². The number of hydrogen-bond acceptors (Lipinski definition) is 4. The van der Waals surface area contributed by atoms with Gasteiger partial charge in [0.1, 0.15) is 11.2 Å². The van der Waals surface area contributed by atoms with Gasteiger partial charge in [-0.25, -0.2) is 4.85 Å². The van der Waals surface area contributed by atoms with Crippen molar-refractivity contribution >= 4 is 115 Å². The van der Waals surface area contributed by atoms with Gasteiger partial charge in [0, 0.05) is 43.1 Å². The predicted octanol–water partition coefficient (Wildman–Crippen LogP) is 16.4. The van der Waals surface area contributed by atoms with Crippen molar-refractivity contribution in [3.63, 3.8) is 0 Å². The number of fused-ring (bicyclic) bond motifs is 16. The first kappa shape index (κ1) is 35.8. The van der Waals surface area contributed by atoms with E-state index in [1.54, 1.807) is 4.57 Å². The Morgan fingerprint density at radius 3 is 1.56 bits per heavy atom. The first-order valence-corrected chi connectivity index (χ1v) is 24.0. The lowest BCUT2D eigenvalue weighted by molar-refractivity contribution is 0.669. The summed E-state index contributed by atoms with van der Waals surface area (Å²) < 4.78 is 51.7. The Labute approximate surface area is 420 Å². The van der Waals surface area contributed by atoms with Crippen LogP contribution in [0.3, 0.4) is 0 Å². The van der Waals surface area contributed by atoms with Crippen LogP contribution in [0.5, 0.6) is 0 Å². The summed E-state index contributed by atoms with van der Waals surface area (Å²) in [4.78, 5) is 20.6. The van der Waals surface area contributed by atoms with E-state index in [1.165, 1.54) is 0 Å². The van der Waals surface area contributed by atoms with Crippen LogP contribution >= 0.6 is 0 Å². The SMILES string of the molecule is [2H]c1c([2H])c([2H])c2c(c1[2H])c1ccccc1n2-c1nc(-c2c(-n3c4ccccc4c4cc([N+]#[C-])ccc43)cccc2-n2c3ccccc3c3ccc4oc5ccccc5c4c32)nc(-n2c3ccccc3c3ccccc32)n1. The molecule has 0 aliphatic carbocycles. The first-order chi connectivity index (χ1) is 37.9. The monoisotopic (exact) mass is 936 g/mol. The number of nitrogens with zero attached hydrogens (tertiary/aromatic N) is 8. The maximum atomic E-state index is 9.56. The summed E-state index contributed by atoms with van der Waals surface area (Å²) in [5.41, 5.74) is 10.4. The van der Waals surface area contributed by atoms with Crippen molar-refractivity contribution in [2.75, 3.05) is 0 Å². The Balaban J connectivity index is 1.13. The van der Waals surface area contributed by atoms with E-state index in [1.807, 2.05) is 97.1 Å². The van der Waals surface area contributed by atoms with Crippen molar-refractivity contribution in [3.8, 4) is 34.7 Å². The Morgan fingerprint density at radius 2 is 0.904 bits per heavy atom. The molecule has 0 atom stereocenters. The molecular formula is C64H36N8O. The van der Waals surface area contributed by atoms with Gasteiger partial charge in [-0.1, -0.05) is 139 Å². The third-order valence-corrected chi connectivity index (χ3v) is 14.6. The minimum atomic E-state index is -0.367. The van der Waals surface area contributed by atoms with Crippen molar-refractivity contribution in [1.29, 1.82) is 0 Å². The molecule has 0 amide bonds. The normalized spacial score (nSPS) is 12.9. The molecule has 0 unspecified atom stereocenters. The number of furan rings is 1. The second-order valence-electron chi connectivity index (χ2n) is 18.3. The summed E-state index contributed by atoms with van der Waals surface area (Å²) in [6, 6.07) is 63.9. The fourth-order valence-corrected chi connectivity index (χ4v) is 11.6. The van der Waals surface area contributed by atoms with Gasteiger partial charge in [0.05, 0.1) is 78.5 Å². The zero-order chi connectivity index (χ0) is 51.4. The molecule has 338 valence electrons. The maximum absolute atomic E-state index is 9.56. The zero-order valence-electron chi connectivity index (χ0n) is 42.5. The molecule has 0 radical (unpaired) electrons. The number of benzene rings is 10. The van der Waals surface area contributed by atoms with Gasteiger partial charge in [-0.05, 0) is 84.2 Å². The van der Waals surface area contributed by atoms with E-state index in [4.69, 9.17) is 28.7 Å². The lowest BCUT2D eigenvalue weighted by atomic mass is 10.1. The van der Waals surface area contributed by atoms with Crippen LogP contribution in [0.4, 0.5) is 5.69 Å². The smallest absolute Gasteiger partial charge is 0.240 e. The zero-order valence-corrected chi connectivity index (χ0v) is 38.5. The van der Waals surface area contributed by atoms with Crippen molar-refractivity contribution in [1.82, 2.24) is 33.2 Å². The van der Waals surface area contributed by atoms with Gasteiger partial charge in [0.15, 0.2) is 11.5 Å². The quantitative estimate of drug-likeness (QED) is 0.161. The van der Waals surface area contributed by atoms with Crippen LogP contribution in [-0.4, -0.2) is 33.2 Å². The highest BCUT2D eigenvalue weighted by Crippen LogP contribution is 2.46. The first-order valence-electron chi connectivity index (χ1n) is 26.0. The molecule has 0 aliphatic rings. The molecule has 0 spiro atoms. The summed E-state index contributed by atoms with van der Waals surface area (Å²) >= 11 is 0. The molecule has 16 aromatic rings. The minimum Gasteiger partial charge on any atom is -0.456 e. The molecule has 6 heterocycles. The molecule has 0 aliphatic heterocycles. The molecular weight excluding hydrogens is 897 g/mol. The lowest BCUT2D eigenvalue weighted by Crippen LogP contribution is -2.12. The summed E-state index contributed by atoms with van der Waals surface area (Å²) in [7, 11) is 0. The molecule has 0 fully saturated rings. The molecule has 0 N–H and O–H groups in total. The summed E-state index contributed by atoms with van der Waals surface area (Å²) in [5, 5.41) is 8.87. The summed E-state index contributed by atoms with van der Waals surface area (Å²) in [6.45, 7) is 8.03. The van der Waals surface area contributed by atoms with Crippen molar-refractivity contribution in [2.24, 2.45) is 0 Å². The van der Waals surface area contributed by atoms with Gasteiger partial charge >= 0.3 is 0 Å². The van der Waals surface area contributed by atoms with Crippen LogP contribution in [0.1, 0.15) is 5.48 Å². The third-order valence-electron chi connectivity index (χ3n) is 14.6. The second kappa shape index (κ2) is 14.9. The van der Waals surface area contributed by atoms with Crippen LogP contribution in [0.2, 0.25) is 0 Å². The van der Waals surface area contributed by atoms with E-state index in [2.05, 4.69) is 116 Å². The molecule has 0 saturated carbocycles. The summed E-state index contributed by atoms with van der Waals surface area (Å²) in [6.07, 6.45) is 0. The van der Waals surface area contributed by atoms with Crippen LogP contribution < -0.4 is 0 Å². The number of rotatable bonds is 5. The number of aromatic nitrogens is 7. The van der Waals surface area contributed by atoms with Gasteiger partial charge in [-0.3, -0.25) is 9.13 Å². The van der Waals surface area contributed by atoms with Crippen molar-refractivity contribution in [3.05, 3.63) is 230 Å². The summed E-state index contributed by atoms with van der Waals surface area (Å²) in [5.74, 6) is 0.741. The van der Waals surface area contributed by atoms with Crippen LogP contribution in [0, 0.1) is 6.57 Å². The van der Waals surface area contributed by atoms with Crippen molar-refractivity contribution < 1.29 is 9.90 Å². The highest BCUT2D eigenvalue weighted by molar-refractivity contribution is 6.25. The molecule has 73 heavy (non-hydrogen) atoms. The molecule has 0 saturated heterocycles. The highest BCUT2D eigenvalue weighted by Gasteiger charge is 2.28. The number of para-hydroxylation sites is 7. The highest BCUT2D eigenvalue weighted by atomic mass is 16.3. The molecule has 6 aromatic heterocycles. The van der Waals surface area contributed by atoms with Crippen LogP contribution in [0.25, 0.3) is 149 Å². The van der Waals surface area contributed by atoms with Gasteiger partial charge in [0.25, 0.3) is 0 Å². The maximum Gasteiger partial charge on any atom is 0.240 e. The predicted molar refractivity (Wildman–Crippen MR) is 296 cm³/mol. The Hall–Kier alpha value is -10.3. The van der Waals surface area contributed by atoms with Gasteiger partial charge in [0.2, 0.25) is 11.9 Å². The van der Waals surface area contributed by atoms with E-state index in [0.29, 0.717) is 39.3 Å². The van der Waals surface area contributed by atoms with Gasteiger partial charge in [-0.15, -0.1) is 0 Å². The van der Waals surface area contributed by atoms with Gasteiger partial charge < -0.3 is 13.6 Å². The Morgan fingerprint density at radius 1 is 0.397 bits per heavy atom. The van der Waals surface area contributed by atoms with E-state index in [-0.39, 0.29) is 35.6 Å². The fourth-order valence-electron chi connectivity index (χ4n) is 11.6. The standard InChI is InChI=1S/C64H36N8O/c1-65-38-33-35-54-47(37-38)44-22-7-9-24-48(44)69(54)55-30-16-31-56(70-49-25-10-6-21-43(49)45-34-36-58-59(61(45)70)46-23-8-15-32-57(46)73-58)60(55)62-66-63(71-50-26-11-2-17-39(50)40-18-3-12-27-51(40)71)68-64(67-62)72-52-28-13-4-19-41(52)42-20-5-14-29-53(42)72/h2-37H/i2D,11D,17D,26D. The molecule has 0 bridgehead atoms. The van der Waals surface area contributed by atoms with Crippen molar-refractivity contribution in [2.45, 2.75) is 0 Å². The lowest BCUT2D eigenvalue weighted by Gasteiger charge is -2.20. The molecule has 10 aromatic carbocycles. The van der Waals surface area contributed by atoms with E-state index in [0.717, 1.165) is 98.7 Å². The molecule has 16 rings (SSSR count). The van der Waals surface area contributed by atoms with E-state index >= 15 is 0 Å². The third kappa shape index (κ3) is 5.46. The topological polar surface area (TPSA) is 75.9 Å². The Kier molecular flexibility index (Phi) is 7.28. The minimum absolute atomic E-state index is 0.151. The fraction of sp³-hybridized carbons (Fsp3) is 0. The average Bonchev–Trinajstić information content (AvgIpc) is 4.49. The van der Waals surface area contributed by atoms with Crippen LogP contribution in [0.15, 0.2) is 223 Å². The average molecular weight is 937 g/mol. The van der Waals surface area contributed by atoms with Crippen LogP contribution in [-0.2, 0) is 0 Å². The molecule has 9 nitrogen and oxygen atoms in total. The Bertz CT molecular complexity index is 5270. The number of hydrogen-bond donors (Lipinski definition) is 0. The van der Waals surface area contributed by atoms with E-state index in [9.17, 15) is 2.74 Å².